The Hall–Kier alpha value is -1.59. The molecule has 1 amide bonds. The summed E-state index contributed by atoms with van der Waals surface area (Å²) >= 11 is 0. The number of nitrogens with one attached hydrogen (secondary N) is 1. The number of aliphatic hydroxyl groups is 1. The number of carbonyl (C=O) groups excluding carboxylic acids is 1. The van der Waals surface area contributed by atoms with E-state index in [4.69, 9.17) is 14.6 Å². The quantitative estimate of drug-likeness (QED) is 0.651. The lowest BCUT2D eigenvalue weighted by Gasteiger charge is -2.09. The van der Waals surface area contributed by atoms with Crippen LogP contribution in [-0.2, 0) is 9.53 Å². The van der Waals surface area contributed by atoms with Gasteiger partial charge in [-0.05, 0) is 30.2 Å². The molecule has 5 heteroatoms. The summed E-state index contributed by atoms with van der Waals surface area (Å²) in [7, 11) is 0. The van der Waals surface area contributed by atoms with Crippen LogP contribution in [0, 0.1) is 5.92 Å². The van der Waals surface area contributed by atoms with Gasteiger partial charge in [0.05, 0.1) is 19.6 Å². The smallest absolute Gasteiger partial charge is 0.226 e. The average molecular weight is 295 g/mol. The molecule has 5 nitrogen and oxygen atoms in total. The van der Waals surface area contributed by atoms with E-state index in [-0.39, 0.29) is 12.5 Å². The molecule has 1 rings (SSSR count). The summed E-state index contributed by atoms with van der Waals surface area (Å²) in [5.74, 6) is 1.14. The van der Waals surface area contributed by atoms with E-state index >= 15 is 0 Å². The summed E-state index contributed by atoms with van der Waals surface area (Å²) in [4.78, 5) is 11.7. The van der Waals surface area contributed by atoms with E-state index in [1.54, 1.807) is 24.3 Å². The van der Waals surface area contributed by atoms with Crippen LogP contribution in [0.2, 0.25) is 0 Å². The SMILES string of the molecule is CC(C)COCCC(=O)Nc1ccc(OCCCO)cc1. The zero-order chi connectivity index (χ0) is 15.5. The predicted octanol–water partition coefficient (Wildman–Crippen LogP) is 2.45. The molecule has 1 aromatic rings. The summed E-state index contributed by atoms with van der Waals surface area (Å²) in [6, 6.07) is 7.17. The fourth-order valence-electron chi connectivity index (χ4n) is 1.60. The van der Waals surface area contributed by atoms with Gasteiger partial charge in [-0.25, -0.2) is 0 Å². The Balaban J connectivity index is 2.26. The van der Waals surface area contributed by atoms with Gasteiger partial charge in [0, 0.05) is 25.3 Å². The third-order valence-electron chi connectivity index (χ3n) is 2.63. The third-order valence-corrected chi connectivity index (χ3v) is 2.63. The zero-order valence-corrected chi connectivity index (χ0v) is 12.8. The second-order valence-electron chi connectivity index (χ2n) is 5.22. The first-order valence-electron chi connectivity index (χ1n) is 7.33. The summed E-state index contributed by atoms with van der Waals surface area (Å²) < 4.78 is 10.8. The highest BCUT2D eigenvalue weighted by molar-refractivity contribution is 5.90. The van der Waals surface area contributed by atoms with Crippen molar-refractivity contribution >= 4 is 11.6 Å². The van der Waals surface area contributed by atoms with Gasteiger partial charge in [-0.2, -0.15) is 0 Å². The Morgan fingerprint density at radius 3 is 2.57 bits per heavy atom. The molecule has 0 spiro atoms. The van der Waals surface area contributed by atoms with Crippen molar-refractivity contribution in [3.8, 4) is 5.75 Å². The van der Waals surface area contributed by atoms with Gasteiger partial charge in [-0.3, -0.25) is 4.79 Å². The lowest BCUT2D eigenvalue weighted by atomic mass is 10.2. The molecule has 1 aromatic carbocycles. The van der Waals surface area contributed by atoms with Crippen LogP contribution in [0.1, 0.15) is 26.7 Å². The maximum Gasteiger partial charge on any atom is 0.226 e. The second-order valence-corrected chi connectivity index (χ2v) is 5.22. The molecule has 0 bridgehead atoms. The fraction of sp³-hybridized carbons (Fsp3) is 0.562. The van der Waals surface area contributed by atoms with Crippen molar-refractivity contribution in [2.45, 2.75) is 26.7 Å². The average Bonchev–Trinajstić information content (AvgIpc) is 2.45. The Morgan fingerprint density at radius 1 is 1.24 bits per heavy atom. The number of ether oxygens (including phenoxy) is 2. The number of benzene rings is 1. The van der Waals surface area contributed by atoms with E-state index in [0.717, 1.165) is 11.4 Å². The van der Waals surface area contributed by atoms with E-state index in [2.05, 4.69) is 19.2 Å². The number of anilines is 1. The number of rotatable bonds is 10. The van der Waals surface area contributed by atoms with Crippen LogP contribution in [-0.4, -0.2) is 37.4 Å². The number of hydrogen-bond donors (Lipinski definition) is 2. The molecular weight excluding hydrogens is 270 g/mol. The van der Waals surface area contributed by atoms with Crippen molar-refractivity contribution in [1.29, 1.82) is 0 Å². The van der Waals surface area contributed by atoms with Gasteiger partial charge in [0.1, 0.15) is 5.75 Å². The molecule has 118 valence electrons. The molecule has 0 aliphatic heterocycles. The number of aliphatic hydroxyl groups excluding tert-OH is 1. The highest BCUT2D eigenvalue weighted by Crippen LogP contribution is 2.16. The van der Waals surface area contributed by atoms with Gasteiger partial charge in [-0.1, -0.05) is 13.8 Å². The summed E-state index contributed by atoms with van der Waals surface area (Å²) in [6.07, 6.45) is 0.955. The van der Waals surface area contributed by atoms with Crippen molar-refractivity contribution in [2.24, 2.45) is 5.92 Å². The summed E-state index contributed by atoms with van der Waals surface area (Å²) in [5.41, 5.74) is 0.735. The van der Waals surface area contributed by atoms with Crippen LogP contribution in [0.3, 0.4) is 0 Å². The molecular formula is C16H25NO4. The molecule has 0 atom stereocenters. The molecule has 0 aromatic heterocycles. The highest BCUT2D eigenvalue weighted by atomic mass is 16.5. The first-order chi connectivity index (χ1) is 10.1. The maximum absolute atomic E-state index is 11.7. The second kappa shape index (κ2) is 10.2. The molecule has 21 heavy (non-hydrogen) atoms. The molecule has 0 radical (unpaired) electrons. The maximum atomic E-state index is 11.7. The van der Waals surface area contributed by atoms with E-state index in [1.165, 1.54) is 0 Å². The molecule has 0 aliphatic carbocycles. The van der Waals surface area contributed by atoms with Crippen LogP contribution >= 0.6 is 0 Å². The lowest BCUT2D eigenvalue weighted by molar-refractivity contribution is -0.117. The Kier molecular flexibility index (Phi) is 8.47. The van der Waals surface area contributed by atoms with Crippen LogP contribution in [0.4, 0.5) is 5.69 Å². The van der Waals surface area contributed by atoms with Gasteiger partial charge in [0.2, 0.25) is 5.91 Å². The van der Waals surface area contributed by atoms with E-state index in [1.807, 2.05) is 0 Å². The number of amides is 1. The number of carbonyl (C=O) groups is 1. The third kappa shape index (κ3) is 8.32. The molecule has 0 saturated carbocycles. The van der Waals surface area contributed by atoms with E-state index < -0.39 is 0 Å². The van der Waals surface area contributed by atoms with Crippen molar-refractivity contribution in [3.05, 3.63) is 24.3 Å². The predicted molar refractivity (Wildman–Crippen MR) is 82.5 cm³/mol. The van der Waals surface area contributed by atoms with Crippen LogP contribution in [0.25, 0.3) is 0 Å². The van der Waals surface area contributed by atoms with Gasteiger partial charge in [-0.15, -0.1) is 0 Å². The topological polar surface area (TPSA) is 67.8 Å². The lowest BCUT2D eigenvalue weighted by Crippen LogP contribution is -2.15. The van der Waals surface area contributed by atoms with Crippen molar-refractivity contribution < 1.29 is 19.4 Å². The molecule has 2 N–H and O–H groups in total. The summed E-state index contributed by atoms with van der Waals surface area (Å²) in [5, 5.41) is 11.5. The monoisotopic (exact) mass is 295 g/mol. The number of hydrogen-bond acceptors (Lipinski definition) is 4. The zero-order valence-electron chi connectivity index (χ0n) is 12.8. The normalized spacial score (nSPS) is 10.7. The first-order valence-corrected chi connectivity index (χ1v) is 7.33. The van der Waals surface area contributed by atoms with Crippen LogP contribution in [0.5, 0.6) is 5.75 Å². The fourth-order valence-corrected chi connectivity index (χ4v) is 1.60. The molecule has 0 aliphatic rings. The molecule has 0 saturated heterocycles. The van der Waals surface area contributed by atoms with Crippen molar-refractivity contribution in [2.75, 3.05) is 31.7 Å². The van der Waals surface area contributed by atoms with Gasteiger partial charge >= 0.3 is 0 Å². The van der Waals surface area contributed by atoms with Gasteiger partial charge in [0.15, 0.2) is 0 Å². The van der Waals surface area contributed by atoms with Gasteiger partial charge < -0.3 is 19.9 Å². The highest BCUT2D eigenvalue weighted by Gasteiger charge is 2.03. The Morgan fingerprint density at radius 2 is 1.95 bits per heavy atom. The molecule has 0 fully saturated rings. The molecule has 0 heterocycles. The minimum Gasteiger partial charge on any atom is -0.494 e. The Bertz CT molecular complexity index is 403. The Labute approximate surface area is 126 Å². The van der Waals surface area contributed by atoms with Crippen molar-refractivity contribution in [3.63, 3.8) is 0 Å². The minimum absolute atomic E-state index is 0.0623. The van der Waals surface area contributed by atoms with E-state index in [9.17, 15) is 4.79 Å². The molecule has 0 unspecified atom stereocenters. The first kappa shape index (κ1) is 17.5. The largest absolute Gasteiger partial charge is 0.494 e. The minimum atomic E-state index is -0.0623. The summed E-state index contributed by atoms with van der Waals surface area (Å²) in [6.45, 7) is 5.86. The van der Waals surface area contributed by atoms with E-state index in [0.29, 0.717) is 38.6 Å². The van der Waals surface area contributed by atoms with Gasteiger partial charge in [0.25, 0.3) is 0 Å². The standard InChI is InChI=1S/C16H25NO4/c1-13(2)12-20-11-8-16(19)17-14-4-6-15(7-5-14)21-10-3-9-18/h4-7,13,18H,3,8-12H2,1-2H3,(H,17,19). The van der Waals surface area contributed by atoms with Crippen LogP contribution in [0.15, 0.2) is 24.3 Å². The van der Waals surface area contributed by atoms with Crippen LogP contribution < -0.4 is 10.1 Å². The van der Waals surface area contributed by atoms with Crippen molar-refractivity contribution in [1.82, 2.24) is 0 Å².